The molecule has 1 unspecified atom stereocenters. The molecule has 0 spiro atoms. The summed E-state index contributed by atoms with van der Waals surface area (Å²) in [4.78, 5) is 13.2. The Hall–Kier alpha value is -1.26. The molecule has 0 saturated carbocycles. The van der Waals surface area contributed by atoms with E-state index in [0.29, 0.717) is 23.1 Å². The number of nitrogens with two attached hydrogens (primary N) is 1. The van der Waals surface area contributed by atoms with Gasteiger partial charge in [0.05, 0.1) is 17.7 Å². The van der Waals surface area contributed by atoms with Crippen LogP contribution in [0.3, 0.4) is 0 Å². The standard InChI is InChI=1S/C12H17ClN2O2/c1-4-17-11-6-5-9(7-10(11)13)15(3)12(16)8(2)14/h5-8H,4,14H2,1-3H3. The van der Waals surface area contributed by atoms with Gasteiger partial charge in [-0.15, -0.1) is 0 Å². The van der Waals surface area contributed by atoms with Gasteiger partial charge in [-0.05, 0) is 32.0 Å². The Labute approximate surface area is 106 Å². The van der Waals surface area contributed by atoms with E-state index in [1.165, 1.54) is 4.90 Å². The van der Waals surface area contributed by atoms with E-state index >= 15 is 0 Å². The molecule has 4 nitrogen and oxygen atoms in total. The Kier molecular flexibility index (Phi) is 4.78. The van der Waals surface area contributed by atoms with Crippen LogP contribution in [0, 0.1) is 0 Å². The first-order chi connectivity index (χ1) is 7.97. The number of carbonyl (C=O) groups is 1. The van der Waals surface area contributed by atoms with Crippen molar-refractivity contribution in [3.63, 3.8) is 0 Å². The second-order valence-corrected chi connectivity index (χ2v) is 4.14. The molecule has 0 aliphatic carbocycles. The van der Waals surface area contributed by atoms with Gasteiger partial charge in [-0.3, -0.25) is 4.79 Å². The van der Waals surface area contributed by atoms with Gasteiger partial charge < -0.3 is 15.4 Å². The van der Waals surface area contributed by atoms with Crippen LogP contribution in [0.25, 0.3) is 0 Å². The zero-order valence-electron chi connectivity index (χ0n) is 10.2. The summed E-state index contributed by atoms with van der Waals surface area (Å²) in [5.74, 6) is 0.449. The van der Waals surface area contributed by atoms with Crippen molar-refractivity contribution >= 4 is 23.2 Å². The maximum Gasteiger partial charge on any atom is 0.243 e. The molecule has 0 aromatic heterocycles. The molecule has 0 heterocycles. The zero-order chi connectivity index (χ0) is 13.0. The minimum absolute atomic E-state index is 0.162. The Morgan fingerprint density at radius 2 is 2.24 bits per heavy atom. The molecule has 1 aromatic rings. The number of halogens is 1. The molecule has 1 amide bonds. The zero-order valence-corrected chi connectivity index (χ0v) is 11.0. The molecule has 0 bridgehead atoms. The Bertz CT molecular complexity index is 407. The van der Waals surface area contributed by atoms with Gasteiger partial charge in [-0.1, -0.05) is 11.6 Å². The molecule has 17 heavy (non-hydrogen) atoms. The fourth-order valence-electron chi connectivity index (χ4n) is 1.40. The predicted octanol–water partition coefficient (Wildman–Crippen LogP) is 2.05. The van der Waals surface area contributed by atoms with Crippen molar-refractivity contribution in [2.75, 3.05) is 18.6 Å². The third-order valence-corrected chi connectivity index (χ3v) is 2.62. The maximum atomic E-state index is 11.7. The lowest BCUT2D eigenvalue weighted by atomic mass is 10.2. The summed E-state index contributed by atoms with van der Waals surface area (Å²) < 4.78 is 5.32. The molecule has 0 fully saturated rings. The van der Waals surface area contributed by atoms with Crippen LogP contribution >= 0.6 is 11.6 Å². The molecule has 2 N–H and O–H groups in total. The van der Waals surface area contributed by atoms with E-state index in [-0.39, 0.29) is 5.91 Å². The highest BCUT2D eigenvalue weighted by Crippen LogP contribution is 2.29. The highest BCUT2D eigenvalue weighted by molar-refractivity contribution is 6.32. The summed E-state index contributed by atoms with van der Waals surface area (Å²) >= 11 is 6.04. The maximum absolute atomic E-state index is 11.7. The number of hydrogen-bond acceptors (Lipinski definition) is 3. The highest BCUT2D eigenvalue weighted by atomic mass is 35.5. The largest absolute Gasteiger partial charge is 0.492 e. The fourth-order valence-corrected chi connectivity index (χ4v) is 1.63. The van der Waals surface area contributed by atoms with Crippen molar-refractivity contribution in [3.05, 3.63) is 23.2 Å². The van der Waals surface area contributed by atoms with Crippen molar-refractivity contribution in [3.8, 4) is 5.75 Å². The van der Waals surface area contributed by atoms with E-state index in [1.54, 1.807) is 32.2 Å². The van der Waals surface area contributed by atoms with E-state index < -0.39 is 6.04 Å². The van der Waals surface area contributed by atoms with Crippen LogP contribution in [-0.2, 0) is 4.79 Å². The number of ether oxygens (including phenoxy) is 1. The number of benzene rings is 1. The first-order valence-corrected chi connectivity index (χ1v) is 5.80. The van der Waals surface area contributed by atoms with Gasteiger partial charge in [-0.2, -0.15) is 0 Å². The smallest absolute Gasteiger partial charge is 0.243 e. The van der Waals surface area contributed by atoms with E-state index in [9.17, 15) is 4.79 Å². The minimum Gasteiger partial charge on any atom is -0.492 e. The number of amides is 1. The Morgan fingerprint density at radius 3 is 2.71 bits per heavy atom. The molecule has 0 aliphatic rings. The Balaban J connectivity index is 2.93. The van der Waals surface area contributed by atoms with Crippen LogP contribution in [0.5, 0.6) is 5.75 Å². The third kappa shape index (κ3) is 3.35. The molecule has 5 heteroatoms. The van der Waals surface area contributed by atoms with Crippen LogP contribution in [0.15, 0.2) is 18.2 Å². The van der Waals surface area contributed by atoms with Crippen molar-refractivity contribution < 1.29 is 9.53 Å². The van der Waals surface area contributed by atoms with Gasteiger partial charge in [0.1, 0.15) is 5.75 Å². The Morgan fingerprint density at radius 1 is 1.59 bits per heavy atom. The molecular weight excluding hydrogens is 240 g/mol. The molecular formula is C12H17ClN2O2. The minimum atomic E-state index is -0.537. The lowest BCUT2D eigenvalue weighted by Gasteiger charge is -2.20. The second kappa shape index (κ2) is 5.89. The normalized spacial score (nSPS) is 12.1. The highest BCUT2D eigenvalue weighted by Gasteiger charge is 2.16. The van der Waals surface area contributed by atoms with Gasteiger partial charge in [0.25, 0.3) is 0 Å². The third-order valence-electron chi connectivity index (χ3n) is 2.32. The van der Waals surface area contributed by atoms with E-state index in [0.717, 1.165) is 0 Å². The first-order valence-electron chi connectivity index (χ1n) is 5.42. The van der Waals surface area contributed by atoms with Gasteiger partial charge >= 0.3 is 0 Å². The molecule has 1 rings (SSSR count). The topological polar surface area (TPSA) is 55.6 Å². The monoisotopic (exact) mass is 256 g/mol. The molecule has 0 saturated heterocycles. The summed E-state index contributed by atoms with van der Waals surface area (Å²) in [6.45, 7) is 4.08. The molecule has 1 aromatic carbocycles. The number of carbonyl (C=O) groups excluding carboxylic acids is 1. The first kappa shape index (κ1) is 13.8. The SMILES string of the molecule is CCOc1ccc(N(C)C(=O)C(C)N)cc1Cl. The summed E-state index contributed by atoms with van der Waals surface area (Å²) in [7, 11) is 1.66. The number of rotatable bonds is 4. The predicted molar refractivity (Wildman–Crippen MR) is 69.7 cm³/mol. The van der Waals surface area contributed by atoms with Crippen molar-refractivity contribution in [2.24, 2.45) is 5.73 Å². The number of likely N-dealkylation sites (N-methyl/N-ethyl adjacent to an activating group) is 1. The molecule has 0 aliphatic heterocycles. The van der Waals surface area contributed by atoms with E-state index in [2.05, 4.69) is 0 Å². The summed E-state index contributed by atoms with van der Waals surface area (Å²) in [5, 5.41) is 0.480. The van der Waals surface area contributed by atoms with Gasteiger partial charge in [-0.25, -0.2) is 0 Å². The molecule has 0 radical (unpaired) electrons. The van der Waals surface area contributed by atoms with Gasteiger partial charge in [0.15, 0.2) is 0 Å². The van der Waals surface area contributed by atoms with E-state index in [4.69, 9.17) is 22.1 Å². The average Bonchev–Trinajstić information content (AvgIpc) is 2.30. The summed E-state index contributed by atoms with van der Waals surface area (Å²) in [6, 6.07) is 4.67. The molecule has 1 atom stereocenters. The summed E-state index contributed by atoms with van der Waals surface area (Å²) in [6.07, 6.45) is 0. The lowest BCUT2D eigenvalue weighted by molar-refractivity contribution is -0.119. The fraction of sp³-hybridized carbons (Fsp3) is 0.417. The van der Waals surface area contributed by atoms with Crippen LogP contribution in [0.2, 0.25) is 5.02 Å². The van der Waals surface area contributed by atoms with Crippen LogP contribution in [-0.4, -0.2) is 25.6 Å². The number of anilines is 1. The van der Waals surface area contributed by atoms with Crippen molar-refractivity contribution in [1.29, 1.82) is 0 Å². The van der Waals surface area contributed by atoms with Crippen molar-refractivity contribution in [1.82, 2.24) is 0 Å². The summed E-state index contributed by atoms with van der Waals surface area (Å²) in [5.41, 5.74) is 6.24. The van der Waals surface area contributed by atoms with Gasteiger partial charge in [0.2, 0.25) is 5.91 Å². The van der Waals surface area contributed by atoms with Crippen LogP contribution < -0.4 is 15.4 Å². The lowest BCUT2D eigenvalue weighted by Crippen LogP contribution is -2.39. The van der Waals surface area contributed by atoms with Gasteiger partial charge in [0, 0.05) is 12.7 Å². The molecule has 94 valence electrons. The van der Waals surface area contributed by atoms with Crippen molar-refractivity contribution in [2.45, 2.75) is 19.9 Å². The van der Waals surface area contributed by atoms with E-state index in [1.807, 2.05) is 6.92 Å². The second-order valence-electron chi connectivity index (χ2n) is 3.73. The quantitative estimate of drug-likeness (QED) is 0.897. The number of hydrogen-bond donors (Lipinski definition) is 1. The van der Waals surface area contributed by atoms with Crippen LogP contribution in [0.1, 0.15) is 13.8 Å². The number of nitrogens with zero attached hydrogens (tertiary/aromatic N) is 1. The van der Waals surface area contributed by atoms with Crippen LogP contribution in [0.4, 0.5) is 5.69 Å². The average molecular weight is 257 g/mol.